The Morgan fingerprint density at radius 2 is 2.22 bits per heavy atom. The molecule has 0 aromatic heterocycles. The van der Waals surface area contributed by atoms with E-state index in [0.29, 0.717) is 45.8 Å². The van der Waals surface area contributed by atoms with Gasteiger partial charge in [-0.15, -0.1) is 0 Å². The molecule has 2 fully saturated rings. The van der Waals surface area contributed by atoms with Gasteiger partial charge >= 0.3 is 0 Å². The van der Waals surface area contributed by atoms with E-state index in [0.717, 1.165) is 0 Å². The molecule has 102 valence electrons. The lowest BCUT2D eigenvalue weighted by molar-refractivity contribution is -0.139. The van der Waals surface area contributed by atoms with Crippen LogP contribution in [0.5, 0.6) is 0 Å². The summed E-state index contributed by atoms with van der Waals surface area (Å²) in [6.07, 6.45) is 0.896. The van der Waals surface area contributed by atoms with Gasteiger partial charge in [0.15, 0.2) is 0 Å². The van der Waals surface area contributed by atoms with Gasteiger partial charge < -0.3 is 19.7 Å². The van der Waals surface area contributed by atoms with Gasteiger partial charge in [-0.2, -0.15) is 0 Å². The molecule has 2 atom stereocenters. The van der Waals surface area contributed by atoms with Crippen LogP contribution in [-0.4, -0.2) is 61.8 Å². The number of hydrogen-bond acceptors (Lipinski definition) is 4. The normalized spacial score (nSPS) is 29.9. The van der Waals surface area contributed by atoms with Crippen molar-refractivity contribution in [1.29, 1.82) is 0 Å². The van der Waals surface area contributed by atoms with Crippen molar-refractivity contribution < 1.29 is 19.1 Å². The Balaban J connectivity index is 1.96. The van der Waals surface area contributed by atoms with Crippen molar-refractivity contribution in [2.75, 3.05) is 32.9 Å². The van der Waals surface area contributed by atoms with Gasteiger partial charge in [0.05, 0.1) is 25.9 Å². The summed E-state index contributed by atoms with van der Waals surface area (Å²) in [5.74, 6) is -0.0731. The van der Waals surface area contributed by atoms with E-state index >= 15 is 0 Å². The molecule has 0 bridgehead atoms. The first-order valence-electron chi connectivity index (χ1n) is 6.48. The van der Waals surface area contributed by atoms with Crippen molar-refractivity contribution in [1.82, 2.24) is 10.2 Å². The molecule has 2 heterocycles. The first-order chi connectivity index (χ1) is 8.70. The molecule has 2 unspecified atom stereocenters. The van der Waals surface area contributed by atoms with E-state index < -0.39 is 6.04 Å². The van der Waals surface area contributed by atoms with Crippen LogP contribution in [0.4, 0.5) is 0 Å². The van der Waals surface area contributed by atoms with Crippen molar-refractivity contribution in [2.24, 2.45) is 0 Å². The number of ether oxygens (including phenoxy) is 2. The average molecular weight is 256 g/mol. The summed E-state index contributed by atoms with van der Waals surface area (Å²) in [7, 11) is 0. The van der Waals surface area contributed by atoms with Crippen LogP contribution in [0.25, 0.3) is 0 Å². The third kappa shape index (κ3) is 3.20. The molecular formula is C12H20N2O4. The van der Waals surface area contributed by atoms with Gasteiger partial charge in [0.1, 0.15) is 6.04 Å². The summed E-state index contributed by atoms with van der Waals surface area (Å²) in [6, 6.07) is -0.399. The minimum absolute atomic E-state index is 0.0162. The zero-order valence-electron chi connectivity index (χ0n) is 10.7. The zero-order valence-corrected chi connectivity index (χ0v) is 10.7. The topological polar surface area (TPSA) is 67.9 Å². The van der Waals surface area contributed by atoms with Gasteiger partial charge in [-0.1, -0.05) is 6.92 Å². The van der Waals surface area contributed by atoms with Crippen LogP contribution in [0.1, 0.15) is 19.8 Å². The average Bonchev–Trinajstić information content (AvgIpc) is 2.53. The molecule has 0 spiro atoms. The fourth-order valence-corrected chi connectivity index (χ4v) is 2.24. The minimum atomic E-state index is -0.399. The van der Waals surface area contributed by atoms with E-state index in [1.54, 1.807) is 4.90 Å². The summed E-state index contributed by atoms with van der Waals surface area (Å²) < 4.78 is 10.9. The van der Waals surface area contributed by atoms with Crippen LogP contribution in [0.3, 0.4) is 0 Å². The van der Waals surface area contributed by atoms with Crippen LogP contribution in [0.2, 0.25) is 0 Å². The SMILES string of the molecule is CCC1NC(=O)CCN(CC2COCCO2)C1=O. The molecule has 1 N–H and O–H groups in total. The van der Waals surface area contributed by atoms with Crippen LogP contribution >= 0.6 is 0 Å². The highest BCUT2D eigenvalue weighted by Crippen LogP contribution is 2.10. The number of carbonyl (C=O) groups excluding carboxylic acids is 2. The van der Waals surface area contributed by atoms with E-state index in [1.807, 2.05) is 6.92 Å². The summed E-state index contributed by atoms with van der Waals surface area (Å²) in [5, 5.41) is 2.74. The molecule has 0 saturated carbocycles. The standard InChI is InChI=1S/C12H20N2O4/c1-2-10-12(16)14(4-3-11(15)13-10)7-9-8-17-5-6-18-9/h9-10H,2-8H2,1H3,(H,13,15). The number of nitrogens with one attached hydrogen (secondary N) is 1. The number of nitrogens with zero attached hydrogens (tertiary/aromatic N) is 1. The second kappa shape index (κ2) is 6.15. The molecule has 2 rings (SSSR count). The Morgan fingerprint density at radius 3 is 2.89 bits per heavy atom. The first kappa shape index (κ1) is 13.3. The Bertz CT molecular complexity index is 315. The van der Waals surface area contributed by atoms with E-state index in [-0.39, 0.29) is 17.9 Å². The molecule has 2 aliphatic rings. The summed E-state index contributed by atoms with van der Waals surface area (Å²) in [5.41, 5.74) is 0. The van der Waals surface area contributed by atoms with Gasteiger partial charge in [0.25, 0.3) is 0 Å². The Labute approximate surface area is 107 Å². The van der Waals surface area contributed by atoms with Gasteiger partial charge in [-0.25, -0.2) is 0 Å². The quantitative estimate of drug-likeness (QED) is 0.741. The summed E-state index contributed by atoms with van der Waals surface area (Å²) >= 11 is 0. The molecule has 0 aromatic rings. The second-order valence-corrected chi connectivity index (χ2v) is 4.63. The molecule has 2 amide bonds. The molecule has 2 aliphatic heterocycles. The van der Waals surface area contributed by atoms with Crippen molar-refractivity contribution in [3.63, 3.8) is 0 Å². The molecule has 0 aliphatic carbocycles. The monoisotopic (exact) mass is 256 g/mol. The van der Waals surface area contributed by atoms with Gasteiger partial charge in [0.2, 0.25) is 11.8 Å². The molecule has 2 saturated heterocycles. The van der Waals surface area contributed by atoms with Crippen molar-refractivity contribution >= 4 is 11.8 Å². The first-order valence-corrected chi connectivity index (χ1v) is 6.48. The highest BCUT2D eigenvalue weighted by Gasteiger charge is 2.30. The highest BCUT2D eigenvalue weighted by molar-refractivity contribution is 5.89. The molecule has 18 heavy (non-hydrogen) atoms. The van der Waals surface area contributed by atoms with E-state index in [4.69, 9.17) is 9.47 Å². The predicted molar refractivity (Wildman–Crippen MR) is 64.0 cm³/mol. The highest BCUT2D eigenvalue weighted by atomic mass is 16.6. The third-order valence-electron chi connectivity index (χ3n) is 3.27. The van der Waals surface area contributed by atoms with Crippen LogP contribution in [0, 0.1) is 0 Å². The molecular weight excluding hydrogens is 236 g/mol. The molecule has 0 radical (unpaired) electrons. The molecule has 6 heteroatoms. The smallest absolute Gasteiger partial charge is 0.245 e. The largest absolute Gasteiger partial charge is 0.376 e. The molecule has 0 aromatic carbocycles. The minimum Gasteiger partial charge on any atom is -0.376 e. The van der Waals surface area contributed by atoms with E-state index in [2.05, 4.69) is 5.32 Å². The molecule has 6 nitrogen and oxygen atoms in total. The third-order valence-corrected chi connectivity index (χ3v) is 3.27. The van der Waals surface area contributed by atoms with Gasteiger partial charge in [-0.3, -0.25) is 9.59 Å². The Hall–Kier alpha value is -1.14. The van der Waals surface area contributed by atoms with E-state index in [1.165, 1.54) is 0 Å². The lowest BCUT2D eigenvalue weighted by Crippen LogP contribution is -2.48. The van der Waals surface area contributed by atoms with Crippen LogP contribution in [-0.2, 0) is 19.1 Å². The van der Waals surface area contributed by atoms with Crippen molar-refractivity contribution in [2.45, 2.75) is 31.9 Å². The van der Waals surface area contributed by atoms with Crippen molar-refractivity contribution in [3.05, 3.63) is 0 Å². The van der Waals surface area contributed by atoms with Gasteiger partial charge in [-0.05, 0) is 6.42 Å². The lowest BCUT2D eigenvalue weighted by Gasteiger charge is -2.30. The maximum Gasteiger partial charge on any atom is 0.245 e. The fourth-order valence-electron chi connectivity index (χ4n) is 2.24. The number of hydrogen-bond donors (Lipinski definition) is 1. The van der Waals surface area contributed by atoms with Gasteiger partial charge in [0, 0.05) is 19.5 Å². The summed E-state index contributed by atoms with van der Waals surface area (Å²) in [6.45, 7) is 4.56. The Morgan fingerprint density at radius 1 is 1.39 bits per heavy atom. The number of carbonyl (C=O) groups is 2. The zero-order chi connectivity index (χ0) is 13.0. The Kier molecular flexibility index (Phi) is 4.54. The maximum atomic E-state index is 12.2. The van der Waals surface area contributed by atoms with E-state index in [9.17, 15) is 9.59 Å². The number of rotatable bonds is 3. The van der Waals surface area contributed by atoms with Crippen molar-refractivity contribution in [3.8, 4) is 0 Å². The van der Waals surface area contributed by atoms with Crippen LogP contribution in [0.15, 0.2) is 0 Å². The lowest BCUT2D eigenvalue weighted by atomic mass is 10.2. The fraction of sp³-hybridized carbons (Fsp3) is 0.833. The van der Waals surface area contributed by atoms with Crippen LogP contribution < -0.4 is 5.32 Å². The summed E-state index contributed by atoms with van der Waals surface area (Å²) in [4.78, 5) is 25.4. The number of amides is 2. The maximum absolute atomic E-state index is 12.2. The second-order valence-electron chi connectivity index (χ2n) is 4.63. The predicted octanol–water partition coefficient (Wildman–Crippen LogP) is -0.471.